The standard InChI is InChI=1S/C18H21N5O2S/c1-13-16-17(23(20-13)14-6-4-3-5-7-14)19-18(26-16)22-10-8-21(9-11-22)15(24)12-25-2/h3-7H,8-12H2,1-2H3. The second-order valence-corrected chi connectivity index (χ2v) is 7.26. The van der Waals surface area contributed by atoms with Gasteiger partial charge in [-0.1, -0.05) is 29.5 Å². The zero-order chi connectivity index (χ0) is 18.1. The second-order valence-electron chi connectivity index (χ2n) is 6.28. The van der Waals surface area contributed by atoms with Gasteiger partial charge in [0.25, 0.3) is 0 Å². The molecule has 2 aromatic heterocycles. The Morgan fingerprint density at radius 1 is 1.19 bits per heavy atom. The van der Waals surface area contributed by atoms with E-state index in [4.69, 9.17) is 9.72 Å². The van der Waals surface area contributed by atoms with E-state index in [1.165, 1.54) is 0 Å². The van der Waals surface area contributed by atoms with Crippen LogP contribution in [-0.4, -0.2) is 65.5 Å². The van der Waals surface area contributed by atoms with E-state index >= 15 is 0 Å². The van der Waals surface area contributed by atoms with Crippen molar-refractivity contribution in [1.29, 1.82) is 0 Å². The van der Waals surface area contributed by atoms with E-state index in [1.54, 1.807) is 18.4 Å². The number of aromatic nitrogens is 3. The predicted molar refractivity (Wildman–Crippen MR) is 102 cm³/mol. The zero-order valence-corrected chi connectivity index (χ0v) is 15.7. The van der Waals surface area contributed by atoms with E-state index in [1.807, 2.05) is 46.8 Å². The van der Waals surface area contributed by atoms with Gasteiger partial charge < -0.3 is 14.5 Å². The number of nitrogens with zero attached hydrogens (tertiary/aromatic N) is 5. The van der Waals surface area contributed by atoms with Crippen molar-refractivity contribution in [1.82, 2.24) is 19.7 Å². The van der Waals surface area contributed by atoms with Crippen LogP contribution >= 0.6 is 11.3 Å². The molecule has 7 nitrogen and oxygen atoms in total. The third-order valence-corrected chi connectivity index (χ3v) is 5.76. The summed E-state index contributed by atoms with van der Waals surface area (Å²) in [5, 5.41) is 5.63. The summed E-state index contributed by atoms with van der Waals surface area (Å²) in [4.78, 5) is 20.9. The van der Waals surface area contributed by atoms with E-state index in [0.29, 0.717) is 13.1 Å². The lowest BCUT2D eigenvalue weighted by Crippen LogP contribution is -2.49. The van der Waals surface area contributed by atoms with Crippen LogP contribution in [0.25, 0.3) is 16.0 Å². The van der Waals surface area contributed by atoms with Crippen LogP contribution in [0.4, 0.5) is 5.13 Å². The first-order chi connectivity index (χ1) is 12.7. The maximum atomic E-state index is 11.9. The Kier molecular flexibility index (Phi) is 4.60. The van der Waals surface area contributed by atoms with Crippen molar-refractivity contribution in [3.05, 3.63) is 36.0 Å². The number of para-hydroxylation sites is 1. The minimum atomic E-state index is 0.0482. The molecule has 0 unspecified atom stereocenters. The van der Waals surface area contributed by atoms with Crippen LogP contribution < -0.4 is 4.90 Å². The van der Waals surface area contributed by atoms with Crippen LogP contribution in [-0.2, 0) is 9.53 Å². The summed E-state index contributed by atoms with van der Waals surface area (Å²) in [6.07, 6.45) is 0. The molecule has 1 amide bonds. The molecule has 1 aliphatic rings. The third-order valence-electron chi connectivity index (χ3n) is 4.55. The molecule has 0 bridgehead atoms. The highest BCUT2D eigenvalue weighted by Crippen LogP contribution is 2.32. The number of methoxy groups -OCH3 is 1. The average Bonchev–Trinajstić information content (AvgIpc) is 3.24. The fraction of sp³-hybridized carbons (Fsp3) is 0.389. The zero-order valence-electron chi connectivity index (χ0n) is 14.9. The van der Waals surface area contributed by atoms with E-state index < -0.39 is 0 Å². The minimum absolute atomic E-state index is 0.0482. The van der Waals surface area contributed by atoms with Gasteiger partial charge in [0.05, 0.1) is 16.1 Å². The Morgan fingerprint density at radius 2 is 1.92 bits per heavy atom. The van der Waals surface area contributed by atoms with Gasteiger partial charge >= 0.3 is 0 Å². The van der Waals surface area contributed by atoms with E-state index in [2.05, 4.69) is 10.00 Å². The summed E-state index contributed by atoms with van der Waals surface area (Å²) in [6, 6.07) is 10.1. The van der Waals surface area contributed by atoms with Gasteiger partial charge in [0, 0.05) is 33.3 Å². The van der Waals surface area contributed by atoms with Crippen molar-refractivity contribution in [2.24, 2.45) is 0 Å². The van der Waals surface area contributed by atoms with Crippen LogP contribution in [0, 0.1) is 6.92 Å². The minimum Gasteiger partial charge on any atom is -0.375 e. The average molecular weight is 371 g/mol. The number of amides is 1. The normalized spacial score (nSPS) is 15.0. The van der Waals surface area contributed by atoms with Gasteiger partial charge in [-0.25, -0.2) is 4.68 Å². The smallest absolute Gasteiger partial charge is 0.248 e. The highest BCUT2D eigenvalue weighted by atomic mass is 32.1. The van der Waals surface area contributed by atoms with Gasteiger partial charge in [-0.2, -0.15) is 10.1 Å². The molecule has 136 valence electrons. The lowest BCUT2D eigenvalue weighted by molar-refractivity contribution is -0.135. The number of carbonyl (C=O) groups excluding carboxylic acids is 1. The lowest BCUT2D eigenvalue weighted by atomic mass is 10.3. The summed E-state index contributed by atoms with van der Waals surface area (Å²) in [5.74, 6) is 0.0482. The number of fused-ring (bicyclic) bond motifs is 1. The van der Waals surface area contributed by atoms with Gasteiger partial charge in [0.2, 0.25) is 5.91 Å². The molecule has 1 saturated heterocycles. The van der Waals surface area contributed by atoms with Crippen LogP contribution in [0.1, 0.15) is 5.69 Å². The van der Waals surface area contributed by atoms with Gasteiger partial charge in [-0.05, 0) is 19.1 Å². The van der Waals surface area contributed by atoms with Crippen molar-refractivity contribution >= 4 is 32.7 Å². The van der Waals surface area contributed by atoms with Crippen LogP contribution in [0.3, 0.4) is 0 Å². The van der Waals surface area contributed by atoms with Crippen LogP contribution in [0.5, 0.6) is 0 Å². The molecule has 0 saturated carbocycles. The molecule has 0 N–H and O–H groups in total. The topological polar surface area (TPSA) is 63.5 Å². The summed E-state index contributed by atoms with van der Waals surface area (Å²) < 4.78 is 7.96. The SMILES string of the molecule is COCC(=O)N1CCN(c2nc3c(s2)c(C)nn3-c2ccccc2)CC1. The molecule has 0 aliphatic carbocycles. The molecule has 0 spiro atoms. The number of ether oxygens (including phenoxy) is 1. The Morgan fingerprint density at radius 3 is 2.62 bits per heavy atom. The Balaban J connectivity index is 1.57. The van der Waals surface area contributed by atoms with E-state index in [-0.39, 0.29) is 12.5 Å². The molecular formula is C18H21N5O2S. The Hall–Kier alpha value is -2.45. The van der Waals surface area contributed by atoms with Crippen molar-refractivity contribution < 1.29 is 9.53 Å². The van der Waals surface area contributed by atoms with Crippen molar-refractivity contribution in [3.63, 3.8) is 0 Å². The van der Waals surface area contributed by atoms with Gasteiger partial charge in [0.1, 0.15) is 6.61 Å². The monoisotopic (exact) mass is 371 g/mol. The first-order valence-electron chi connectivity index (χ1n) is 8.60. The molecule has 8 heteroatoms. The fourth-order valence-corrected chi connectivity index (χ4v) is 4.21. The largest absolute Gasteiger partial charge is 0.375 e. The maximum absolute atomic E-state index is 11.9. The van der Waals surface area contributed by atoms with Crippen LogP contribution in [0.2, 0.25) is 0 Å². The molecule has 0 atom stereocenters. The van der Waals surface area contributed by atoms with E-state index in [0.717, 1.165) is 39.9 Å². The Labute approximate surface area is 155 Å². The molecule has 1 aromatic carbocycles. The molecule has 4 rings (SSSR count). The Bertz CT molecular complexity index is 912. The van der Waals surface area contributed by atoms with E-state index in [9.17, 15) is 4.79 Å². The van der Waals surface area contributed by atoms with Gasteiger partial charge in [-0.15, -0.1) is 0 Å². The van der Waals surface area contributed by atoms with Crippen LogP contribution in [0.15, 0.2) is 30.3 Å². The summed E-state index contributed by atoms with van der Waals surface area (Å²) >= 11 is 1.67. The quantitative estimate of drug-likeness (QED) is 0.703. The number of hydrogen-bond acceptors (Lipinski definition) is 6. The highest BCUT2D eigenvalue weighted by molar-refractivity contribution is 7.22. The summed E-state index contributed by atoms with van der Waals surface area (Å²) in [5.41, 5.74) is 2.89. The number of piperazine rings is 1. The molecule has 1 aliphatic heterocycles. The molecular weight excluding hydrogens is 350 g/mol. The molecule has 3 heterocycles. The lowest BCUT2D eigenvalue weighted by Gasteiger charge is -2.34. The molecule has 1 fully saturated rings. The number of hydrogen-bond donors (Lipinski definition) is 0. The van der Waals surface area contributed by atoms with Crippen molar-refractivity contribution in [2.75, 3.05) is 44.8 Å². The number of benzene rings is 1. The second kappa shape index (κ2) is 7.05. The van der Waals surface area contributed by atoms with Crippen molar-refractivity contribution in [2.45, 2.75) is 6.92 Å². The number of aryl methyl sites for hydroxylation is 1. The highest BCUT2D eigenvalue weighted by Gasteiger charge is 2.24. The van der Waals surface area contributed by atoms with Gasteiger partial charge in [-0.3, -0.25) is 4.79 Å². The maximum Gasteiger partial charge on any atom is 0.248 e. The first-order valence-corrected chi connectivity index (χ1v) is 9.42. The third kappa shape index (κ3) is 3.06. The number of thiazole rings is 1. The number of anilines is 1. The first kappa shape index (κ1) is 17.0. The van der Waals surface area contributed by atoms with Gasteiger partial charge in [0.15, 0.2) is 10.8 Å². The number of rotatable bonds is 4. The molecule has 0 radical (unpaired) electrons. The predicted octanol–water partition coefficient (Wildman–Crippen LogP) is 2.09. The molecule has 3 aromatic rings. The summed E-state index contributed by atoms with van der Waals surface area (Å²) in [6.45, 7) is 5.12. The summed E-state index contributed by atoms with van der Waals surface area (Å²) in [7, 11) is 1.55. The molecule has 26 heavy (non-hydrogen) atoms. The number of carbonyl (C=O) groups is 1. The fourth-order valence-electron chi connectivity index (χ4n) is 3.17. The van der Waals surface area contributed by atoms with Crippen molar-refractivity contribution in [3.8, 4) is 5.69 Å².